The van der Waals surface area contributed by atoms with Crippen LogP contribution in [0.1, 0.15) is 22.7 Å². The number of benzene rings is 2. The van der Waals surface area contributed by atoms with Crippen molar-refractivity contribution in [1.29, 1.82) is 0 Å². The van der Waals surface area contributed by atoms with E-state index in [1.807, 2.05) is 48.5 Å². The molecule has 3 rings (SSSR count). The third-order valence-corrected chi connectivity index (χ3v) is 5.75. The summed E-state index contributed by atoms with van der Waals surface area (Å²) in [6.45, 7) is 0.446. The topological polar surface area (TPSA) is 58.6 Å². The Morgan fingerprint density at radius 3 is 2.57 bits per heavy atom. The SMILES string of the molecule is CNS(=O)(=O)N1CCc2ccc(OC)cc2C1c1ccccc1. The molecule has 0 aromatic heterocycles. The average molecular weight is 332 g/mol. The maximum Gasteiger partial charge on any atom is 0.280 e. The Morgan fingerprint density at radius 2 is 1.91 bits per heavy atom. The molecule has 0 radical (unpaired) electrons. The van der Waals surface area contributed by atoms with Crippen LogP contribution in [0.25, 0.3) is 0 Å². The Labute approximate surface area is 137 Å². The van der Waals surface area contributed by atoms with Crippen molar-refractivity contribution in [3.05, 3.63) is 65.2 Å². The number of rotatable bonds is 4. The fraction of sp³-hybridized carbons (Fsp3) is 0.294. The summed E-state index contributed by atoms with van der Waals surface area (Å²) in [7, 11) is -0.480. The van der Waals surface area contributed by atoms with E-state index in [1.165, 1.54) is 11.4 Å². The van der Waals surface area contributed by atoms with E-state index in [-0.39, 0.29) is 6.04 Å². The van der Waals surface area contributed by atoms with Gasteiger partial charge < -0.3 is 4.74 Å². The molecule has 6 heteroatoms. The van der Waals surface area contributed by atoms with Crippen LogP contribution in [-0.4, -0.2) is 33.4 Å². The van der Waals surface area contributed by atoms with E-state index in [0.29, 0.717) is 13.0 Å². The molecule has 0 bridgehead atoms. The van der Waals surface area contributed by atoms with Gasteiger partial charge in [0.15, 0.2) is 0 Å². The lowest BCUT2D eigenvalue weighted by Crippen LogP contribution is -2.45. The summed E-state index contributed by atoms with van der Waals surface area (Å²) in [5.41, 5.74) is 3.07. The first-order valence-electron chi connectivity index (χ1n) is 7.49. The molecule has 1 aliphatic heterocycles. The van der Waals surface area contributed by atoms with Gasteiger partial charge in [0, 0.05) is 13.6 Å². The van der Waals surface area contributed by atoms with E-state index >= 15 is 0 Å². The van der Waals surface area contributed by atoms with Gasteiger partial charge in [0.2, 0.25) is 0 Å². The maximum atomic E-state index is 12.5. The first-order valence-corrected chi connectivity index (χ1v) is 8.93. The number of hydrogen-bond donors (Lipinski definition) is 1. The van der Waals surface area contributed by atoms with Gasteiger partial charge >= 0.3 is 0 Å². The molecule has 1 atom stereocenters. The summed E-state index contributed by atoms with van der Waals surface area (Å²) in [5, 5.41) is 0. The van der Waals surface area contributed by atoms with Crippen LogP contribution < -0.4 is 9.46 Å². The third kappa shape index (κ3) is 2.97. The van der Waals surface area contributed by atoms with Crippen molar-refractivity contribution in [1.82, 2.24) is 9.03 Å². The highest BCUT2D eigenvalue weighted by Gasteiger charge is 2.35. The predicted molar refractivity (Wildman–Crippen MR) is 89.7 cm³/mol. The second kappa shape index (κ2) is 6.31. The summed E-state index contributed by atoms with van der Waals surface area (Å²) in [6, 6.07) is 15.2. The third-order valence-electron chi connectivity index (χ3n) is 4.22. The van der Waals surface area contributed by atoms with Gasteiger partial charge in [-0.3, -0.25) is 0 Å². The minimum absolute atomic E-state index is 0.354. The van der Waals surface area contributed by atoms with Crippen LogP contribution in [0, 0.1) is 0 Å². The summed E-state index contributed by atoms with van der Waals surface area (Å²) in [4.78, 5) is 0. The number of ether oxygens (including phenoxy) is 1. The molecule has 1 aliphatic rings. The molecule has 0 spiro atoms. The molecule has 0 fully saturated rings. The minimum atomic E-state index is -3.54. The zero-order valence-electron chi connectivity index (χ0n) is 13.2. The van der Waals surface area contributed by atoms with Crippen molar-refractivity contribution >= 4 is 10.2 Å². The van der Waals surface area contributed by atoms with Crippen molar-refractivity contribution in [2.75, 3.05) is 20.7 Å². The predicted octanol–water partition coefficient (Wildman–Crippen LogP) is 2.11. The van der Waals surface area contributed by atoms with Crippen molar-refractivity contribution in [3.8, 4) is 5.75 Å². The highest BCUT2D eigenvalue weighted by atomic mass is 32.2. The van der Waals surface area contributed by atoms with E-state index in [0.717, 1.165) is 22.4 Å². The van der Waals surface area contributed by atoms with E-state index < -0.39 is 10.2 Å². The van der Waals surface area contributed by atoms with Crippen molar-refractivity contribution in [2.24, 2.45) is 0 Å². The maximum absolute atomic E-state index is 12.5. The molecule has 1 unspecified atom stereocenters. The van der Waals surface area contributed by atoms with Crippen molar-refractivity contribution in [2.45, 2.75) is 12.5 Å². The fourth-order valence-corrected chi connectivity index (χ4v) is 4.13. The van der Waals surface area contributed by atoms with E-state index in [9.17, 15) is 8.42 Å². The lowest BCUT2D eigenvalue weighted by Gasteiger charge is -2.36. The number of nitrogens with zero attached hydrogens (tertiary/aromatic N) is 1. The van der Waals surface area contributed by atoms with Crippen LogP contribution >= 0.6 is 0 Å². The van der Waals surface area contributed by atoms with Crippen LogP contribution in [0.15, 0.2) is 48.5 Å². The molecule has 0 saturated heterocycles. The molecule has 2 aromatic rings. The van der Waals surface area contributed by atoms with Gasteiger partial charge in [-0.05, 0) is 35.2 Å². The van der Waals surface area contributed by atoms with Crippen LogP contribution in [0.5, 0.6) is 5.75 Å². The van der Waals surface area contributed by atoms with Crippen molar-refractivity contribution < 1.29 is 13.2 Å². The number of nitrogens with one attached hydrogen (secondary N) is 1. The van der Waals surface area contributed by atoms with Gasteiger partial charge in [-0.25, -0.2) is 4.72 Å². The first-order chi connectivity index (χ1) is 11.1. The Hall–Kier alpha value is -1.89. The summed E-state index contributed by atoms with van der Waals surface area (Å²) in [5.74, 6) is 0.730. The summed E-state index contributed by atoms with van der Waals surface area (Å²) >= 11 is 0. The Kier molecular flexibility index (Phi) is 4.39. The smallest absolute Gasteiger partial charge is 0.280 e. The minimum Gasteiger partial charge on any atom is -0.497 e. The molecule has 122 valence electrons. The highest BCUT2D eigenvalue weighted by Crippen LogP contribution is 2.38. The quantitative estimate of drug-likeness (QED) is 0.933. The van der Waals surface area contributed by atoms with Crippen molar-refractivity contribution in [3.63, 3.8) is 0 Å². The zero-order chi connectivity index (χ0) is 16.4. The molecule has 1 N–H and O–H groups in total. The van der Waals surface area contributed by atoms with Gasteiger partial charge in [0.1, 0.15) is 5.75 Å². The van der Waals surface area contributed by atoms with Gasteiger partial charge in [0.05, 0.1) is 13.2 Å². The number of hydrogen-bond acceptors (Lipinski definition) is 3. The number of fused-ring (bicyclic) bond motifs is 1. The molecular formula is C17H20N2O3S. The highest BCUT2D eigenvalue weighted by molar-refractivity contribution is 7.87. The molecule has 0 aliphatic carbocycles. The molecule has 0 amide bonds. The van der Waals surface area contributed by atoms with Gasteiger partial charge in [-0.15, -0.1) is 0 Å². The molecule has 5 nitrogen and oxygen atoms in total. The lowest BCUT2D eigenvalue weighted by molar-refractivity contribution is 0.338. The molecule has 23 heavy (non-hydrogen) atoms. The van der Waals surface area contributed by atoms with Gasteiger partial charge in [-0.1, -0.05) is 36.4 Å². The van der Waals surface area contributed by atoms with E-state index in [2.05, 4.69) is 4.72 Å². The Bertz CT molecular complexity index is 791. The second-order valence-corrected chi connectivity index (χ2v) is 7.28. The van der Waals surface area contributed by atoms with Crippen LogP contribution in [0.4, 0.5) is 0 Å². The largest absolute Gasteiger partial charge is 0.497 e. The zero-order valence-corrected chi connectivity index (χ0v) is 14.0. The Morgan fingerprint density at radius 1 is 1.17 bits per heavy atom. The first kappa shape index (κ1) is 16.0. The van der Waals surface area contributed by atoms with Crippen LogP contribution in [0.2, 0.25) is 0 Å². The summed E-state index contributed by atoms with van der Waals surface area (Å²) in [6.07, 6.45) is 0.684. The summed E-state index contributed by atoms with van der Waals surface area (Å²) < 4.78 is 34.3. The molecule has 2 aromatic carbocycles. The van der Waals surface area contributed by atoms with E-state index in [1.54, 1.807) is 7.11 Å². The molecular weight excluding hydrogens is 312 g/mol. The monoisotopic (exact) mass is 332 g/mol. The van der Waals surface area contributed by atoms with Gasteiger partial charge in [-0.2, -0.15) is 12.7 Å². The standard InChI is InChI=1S/C17H20N2O3S/c1-18-23(20,21)19-11-10-13-8-9-15(22-2)12-16(13)17(19)14-6-4-3-5-7-14/h3-9,12,17-18H,10-11H2,1-2H3. The van der Waals surface area contributed by atoms with Gasteiger partial charge in [0.25, 0.3) is 10.2 Å². The fourth-order valence-electron chi connectivity index (χ4n) is 3.05. The van der Waals surface area contributed by atoms with E-state index in [4.69, 9.17) is 4.74 Å². The number of methoxy groups -OCH3 is 1. The molecule has 1 heterocycles. The van der Waals surface area contributed by atoms with Crippen LogP contribution in [-0.2, 0) is 16.6 Å². The Balaban J connectivity index is 2.18. The van der Waals surface area contributed by atoms with Crippen LogP contribution in [0.3, 0.4) is 0 Å². The average Bonchev–Trinajstić information content (AvgIpc) is 2.60. The molecule has 0 saturated carbocycles. The second-order valence-electron chi connectivity index (χ2n) is 5.45. The normalized spacial score (nSPS) is 18.4. The lowest BCUT2D eigenvalue weighted by atomic mass is 9.89.